The number of ether oxygens (including phenoxy) is 2. The Labute approximate surface area is 121 Å². The van der Waals surface area contributed by atoms with Crippen molar-refractivity contribution in [2.24, 2.45) is 5.84 Å². The minimum absolute atomic E-state index is 0.106. The Kier molecular flexibility index (Phi) is 5.40. The highest BCUT2D eigenvalue weighted by atomic mass is 16.5. The van der Waals surface area contributed by atoms with Crippen LogP contribution in [0.5, 0.6) is 5.75 Å². The van der Waals surface area contributed by atoms with E-state index in [9.17, 15) is 0 Å². The molecule has 1 fully saturated rings. The van der Waals surface area contributed by atoms with Crippen LogP contribution in [0.15, 0.2) is 12.1 Å². The molecule has 2 rings (SSSR count). The predicted octanol–water partition coefficient (Wildman–Crippen LogP) is 2.78. The first-order chi connectivity index (χ1) is 9.65. The lowest BCUT2D eigenvalue weighted by Gasteiger charge is -2.23. The Morgan fingerprint density at radius 1 is 1.45 bits per heavy atom. The number of nitrogens with two attached hydrogens (primary N) is 1. The van der Waals surface area contributed by atoms with Crippen LogP contribution in [0, 0.1) is 13.8 Å². The van der Waals surface area contributed by atoms with Crippen molar-refractivity contribution in [2.45, 2.75) is 51.7 Å². The maximum atomic E-state index is 5.77. The van der Waals surface area contributed by atoms with Gasteiger partial charge in [-0.1, -0.05) is 6.07 Å². The van der Waals surface area contributed by atoms with E-state index in [-0.39, 0.29) is 6.04 Å². The summed E-state index contributed by atoms with van der Waals surface area (Å²) in [6.07, 6.45) is 4.73. The molecule has 2 unspecified atom stereocenters. The number of hydrogen-bond donors (Lipinski definition) is 2. The maximum Gasteiger partial charge on any atom is 0.124 e. The summed E-state index contributed by atoms with van der Waals surface area (Å²) in [6.45, 7) is 5.09. The molecule has 0 bridgehead atoms. The van der Waals surface area contributed by atoms with Crippen LogP contribution in [-0.4, -0.2) is 19.8 Å². The van der Waals surface area contributed by atoms with Crippen molar-refractivity contribution in [3.8, 4) is 5.75 Å². The van der Waals surface area contributed by atoms with E-state index >= 15 is 0 Å². The van der Waals surface area contributed by atoms with Crippen molar-refractivity contribution >= 4 is 0 Å². The van der Waals surface area contributed by atoms with Gasteiger partial charge >= 0.3 is 0 Å². The highest BCUT2D eigenvalue weighted by Gasteiger charge is 2.21. The van der Waals surface area contributed by atoms with E-state index in [1.807, 2.05) is 0 Å². The van der Waals surface area contributed by atoms with E-state index in [0.29, 0.717) is 6.10 Å². The average Bonchev–Trinajstić information content (AvgIpc) is 2.93. The average molecular weight is 278 g/mol. The van der Waals surface area contributed by atoms with Crippen LogP contribution >= 0.6 is 0 Å². The number of benzene rings is 1. The summed E-state index contributed by atoms with van der Waals surface area (Å²) < 4.78 is 11.2. The van der Waals surface area contributed by atoms with Crippen molar-refractivity contribution in [3.63, 3.8) is 0 Å². The SMILES string of the molecule is COc1cc(C)cc(C)c1C(CCC1CCCO1)NN. The van der Waals surface area contributed by atoms with Gasteiger partial charge in [0, 0.05) is 18.2 Å². The molecule has 4 nitrogen and oxygen atoms in total. The van der Waals surface area contributed by atoms with Gasteiger partial charge in [-0.25, -0.2) is 0 Å². The molecule has 0 aromatic heterocycles. The quantitative estimate of drug-likeness (QED) is 0.620. The molecule has 1 aromatic rings. The summed E-state index contributed by atoms with van der Waals surface area (Å²) in [5.74, 6) is 6.69. The first-order valence-electron chi connectivity index (χ1n) is 7.38. The number of rotatable bonds is 6. The Balaban J connectivity index is 2.13. The molecule has 112 valence electrons. The molecule has 1 aliphatic heterocycles. The highest BCUT2D eigenvalue weighted by Crippen LogP contribution is 2.33. The fourth-order valence-corrected chi connectivity index (χ4v) is 3.09. The van der Waals surface area contributed by atoms with Crippen LogP contribution in [0.1, 0.15) is 48.4 Å². The normalized spacial score (nSPS) is 20.1. The minimum atomic E-state index is 0.106. The van der Waals surface area contributed by atoms with Crippen molar-refractivity contribution < 1.29 is 9.47 Å². The smallest absolute Gasteiger partial charge is 0.124 e. The number of aryl methyl sites for hydroxylation is 2. The van der Waals surface area contributed by atoms with E-state index in [1.165, 1.54) is 29.5 Å². The van der Waals surface area contributed by atoms with Gasteiger partial charge in [0.2, 0.25) is 0 Å². The van der Waals surface area contributed by atoms with Gasteiger partial charge in [0.25, 0.3) is 0 Å². The summed E-state index contributed by atoms with van der Waals surface area (Å²) in [5, 5.41) is 0. The summed E-state index contributed by atoms with van der Waals surface area (Å²) in [7, 11) is 1.71. The zero-order chi connectivity index (χ0) is 14.5. The van der Waals surface area contributed by atoms with Crippen LogP contribution in [-0.2, 0) is 4.74 Å². The molecule has 1 aliphatic rings. The maximum absolute atomic E-state index is 5.77. The van der Waals surface area contributed by atoms with Gasteiger partial charge in [0.05, 0.1) is 13.2 Å². The molecule has 3 N–H and O–H groups in total. The van der Waals surface area contributed by atoms with E-state index in [0.717, 1.165) is 25.2 Å². The van der Waals surface area contributed by atoms with Gasteiger partial charge < -0.3 is 9.47 Å². The molecule has 0 spiro atoms. The molecule has 4 heteroatoms. The van der Waals surface area contributed by atoms with Crippen molar-refractivity contribution in [3.05, 3.63) is 28.8 Å². The Bertz CT molecular complexity index is 442. The zero-order valence-electron chi connectivity index (χ0n) is 12.7. The number of methoxy groups -OCH3 is 1. The second-order valence-corrected chi connectivity index (χ2v) is 5.63. The lowest BCUT2D eigenvalue weighted by atomic mass is 9.94. The Morgan fingerprint density at radius 3 is 2.85 bits per heavy atom. The van der Waals surface area contributed by atoms with Crippen LogP contribution in [0.25, 0.3) is 0 Å². The monoisotopic (exact) mass is 278 g/mol. The molecule has 1 heterocycles. The van der Waals surface area contributed by atoms with Gasteiger partial charge in [0.15, 0.2) is 0 Å². The molecular weight excluding hydrogens is 252 g/mol. The van der Waals surface area contributed by atoms with E-state index in [2.05, 4.69) is 31.4 Å². The van der Waals surface area contributed by atoms with Crippen molar-refractivity contribution in [1.82, 2.24) is 5.43 Å². The molecule has 0 aliphatic carbocycles. The van der Waals surface area contributed by atoms with Gasteiger partial charge in [-0.3, -0.25) is 11.3 Å². The number of nitrogens with one attached hydrogen (secondary N) is 1. The van der Waals surface area contributed by atoms with Crippen LogP contribution in [0.3, 0.4) is 0 Å². The van der Waals surface area contributed by atoms with Gasteiger partial charge in [0.1, 0.15) is 5.75 Å². The molecular formula is C16H26N2O2. The summed E-state index contributed by atoms with van der Waals surface area (Å²) >= 11 is 0. The molecule has 0 radical (unpaired) electrons. The minimum Gasteiger partial charge on any atom is -0.496 e. The fraction of sp³-hybridized carbons (Fsp3) is 0.625. The first-order valence-corrected chi connectivity index (χ1v) is 7.38. The second-order valence-electron chi connectivity index (χ2n) is 5.63. The highest BCUT2D eigenvalue weighted by molar-refractivity contribution is 5.45. The number of hydrazine groups is 1. The third kappa shape index (κ3) is 3.51. The Morgan fingerprint density at radius 2 is 2.25 bits per heavy atom. The molecule has 20 heavy (non-hydrogen) atoms. The topological polar surface area (TPSA) is 56.5 Å². The van der Waals surface area contributed by atoms with E-state index in [1.54, 1.807) is 7.11 Å². The lowest BCUT2D eigenvalue weighted by molar-refractivity contribution is 0.0995. The zero-order valence-corrected chi connectivity index (χ0v) is 12.7. The van der Waals surface area contributed by atoms with Crippen molar-refractivity contribution in [1.29, 1.82) is 0 Å². The van der Waals surface area contributed by atoms with Crippen LogP contribution in [0.2, 0.25) is 0 Å². The molecule has 0 saturated carbocycles. The number of hydrogen-bond acceptors (Lipinski definition) is 4. The lowest BCUT2D eigenvalue weighted by Crippen LogP contribution is -2.29. The van der Waals surface area contributed by atoms with Gasteiger partial charge in [-0.05, 0) is 56.7 Å². The largest absolute Gasteiger partial charge is 0.496 e. The van der Waals surface area contributed by atoms with Crippen molar-refractivity contribution in [2.75, 3.05) is 13.7 Å². The van der Waals surface area contributed by atoms with E-state index < -0.39 is 0 Å². The fourth-order valence-electron chi connectivity index (χ4n) is 3.09. The molecule has 1 saturated heterocycles. The third-order valence-electron chi connectivity index (χ3n) is 4.06. The third-order valence-corrected chi connectivity index (χ3v) is 4.06. The standard InChI is InChI=1S/C16H26N2O2/c1-11-9-12(2)16(15(10-11)19-3)14(18-17)7-6-13-5-4-8-20-13/h9-10,13-14,18H,4-8,17H2,1-3H3. The second kappa shape index (κ2) is 7.07. The van der Waals surface area contributed by atoms with Crippen LogP contribution in [0.4, 0.5) is 0 Å². The summed E-state index contributed by atoms with van der Waals surface area (Å²) in [4.78, 5) is 0. The first kappa shape index (κ1) is 15.3. The molecule has 0 amide bonds. The summed E-state index contributed by atoms with van der Waals surface area (Å²) in [5.41, 5.74) is 6.53. The van der Waals surface area contributed by atoms with Gasteiger partial charge in [-0.15, -0.1) is 0 Å². The molecule has 2 atom stereocenters. The summed E-state index contributed by atoms with van der Waals surface area (Å²) in [6, 6.07) is 4.35. The van der Waals surface area contributed by atoms with Gasteiger partial charge in [-0.2, -0.15) is 0 Å². The molecule has 1 aromatic carbocycles. The predicted molar refractivity (Wildman–Crippen MR) is 80.7 cm³/mol. The van der Waals surface area contributed by atoms with Crippen LogP contribution < -0.4 is 16.0 Å². The Hall–Kier alpha value is -1.10. The van der Waals surface area contributed by atoms with E-state index in [4.69, 9.17) is 15.3 Å².